The van der Waals surface area contributed by atoms with E-state index in [9.17, 15) is 0 Å². The Kier molecular flexibility index (Phi) is 8.29. The van der Waals surface area contributed by atoms with Gasteiger partial charge >= 0.3 is 0 Å². The molecule has 0 spiro atoms. The lowest BCUT2D eigenvalue weighted by atomic mass is 10.3. The lowest BCUT2D eigenvalue weighted by Gasteiger charge is -1.85. The molecule has 0 radical (unpaired) electrons. The standard InChI is InChI=1S/C4H10O2.C2H2N2O/c5-3-1-2-4-6;1-2-4-5-3-1/h5-6H,1-4H2;1-2H. The number of rotatable bonds is 3. The fraction of sp³-hybridized carbons (Fsp3) is 0.667. The van der Waals surface area contributed by atoms with Gasteiger partial charge in [0.25, 0.3) is 0 Å². The second kappa shape index (κ2) is 9.06. The lowest BCUT2D eigenvalue weighted by Crippen LogP contribution is -1.85. The van der Waals surface area contributed by atoms with Crippen molar-refractivity contribution in [1.29, 1.82) is 0 Å². The minimum absolute atomic E-state index is 0.195. The van der Waals surface area contributed by atoms with Crippen LogP contribution in [0.2, 0.25) is 0 Å². The summed E-state index contributed by atoms with van der Waals surface area (Å²) in [5.74, 6) is 0. The van der Waals surface area contributed by atoms with Crippen molar-refractivity contribution in [3.05, 3.63) is 12.4 Å². The molecule has 2 N–H and O–H groups in total. The molecule has 0 aliphatic carbocycles. The Bertz CT molecular complexity index is 111. The SMILES string of the molecule is OCCCCO.c1cnon1. The number of hydrogen-bond donors (Lipinski definition) is 2. The van der Waals surface area contributed by atoms with Crippen LogP contribution >= 0.6 is 0 Å². The summed E-state index contributed by atoms with van der Waals surface area (Å²) in [6.45, 7) is 0.390. The maximum atomic E-state index is 8.09. The van der Waals surface area contributed by atoms with Crippen LogP contribution in [0.5, 0.6) is 0 Å². The third-order valence-electron chi connectivity index (χ3n) is 0.849. The number of aliphatic hydroxyl groups excluding tert-OH is 2. The van der Waals surface area contributed by atoms with Crippen molar-refractivity contribution < 1.29 is 14.8 Å². The van der Waals surface area contributed by atoms with Crippen LogP contribution in [0.25, 0.3) is 0 Å². The summed E-state index contributed by atoms with van der Waals surface area (Å²) < 4.78 is 4.08. The van der Waals surface area contributed by atoms with Crippen molar-refractivity contribution in [3.63, 3.8) is 0 Å². The number of nitrogens with zero attached hydrogens (tertiary/aromatic N) is 2. The smallest absolute Gasteiger partial charge is 0.0913 e. The molecule has 1 heterocycles. The van der Waals surface area contributed by atoms with Crippen molar-refractivity contribution in [1.82, 2.24) is 10.3 Å². The number of hydrogen-bond acceptors (Lipinski definition) is 5. The Labute approximate surface area is 64.6 Å². The van der Waals surface area contributed by atoms with Gasteiger partial charge in [0.05, 0.1) is 12.4 Å². The zero-order valence-corrected chi connectivity index (χ0v) is 6.18. The highest BCUT2D eigenvalue weighted by Gasteiger charge is 1.77. The lowest BCUT2D eigenvalue weighted by molar-refractivity contribution is 0.242. The topological polar surface area (TPSA) is 79.4 Å². The molecular weight excluding hydrogens is 148 g/mol. The monoisotopic (exact) mass is 160 g/mol. The van der Waals surface area contributed by atoms with Crippen LogP contribution in [-0.2, 0) is 0 Å². The first kappa shape index (κ1) is 10.1. The third kappa shape index (κ3) is 9.06. The van der Waals surface area contributed by atoms with Crippen molar-refractivity contribution in [2.45, 2.75) is 12.8 Å². The maximum Gasteiger partial charge on any atom is 0.0913 e. The zero-order valence-electron chi connectivity index (χ0n) is 6.18. The number of aromatic nitrogens is 2. The van der Waals surface area contributed by atoms with Gasteiger partial charge in [0, 0.05) is 13.2 Å². The number of unbranched alkanes of at least 4 members (excludes halogenated alkanes) is 1. The minimum Gasteiger partial charge on any atom is -0.396 e. The second-order valence-electron chi connectivity index (χ2n) is 1.74. The van der Waals surface area contributed by atoms with Crippen LogP contribution in [0.15, 0.2) is 17.0 Å². The van der Waals surface area contributed by atoms with Crippen LogP contribution in [-0.4, -0.2) is 33.7 Å². The first-order valence-electron chi connectivity index (χ1n) is 3.35. The predicted molar refractivity (Wildman–Crippen MR) is 37.7 cm³/mol. The molecule has 0 unspecified atom stereocenters. The fourth-order valence-electron chi connectivity index (χ4n) is 0.360. The Balaban J connectivity index is 0.000000183. The van der Waals surface area contributed by atoms with E-state index in [0.717, 1.165) is 12.8 Å². The van der Waals surface area contributed by atoms with Gasteiger partial charge in [-0.2, -0.15) is 0 Å². The van der Waals surface area contributed by atoms with E-state index in [1.165, 1.54) is 12.4 Å². The molecule has 1 aromatic heterocycles. The van der Waals surface area contributed by atoms with E-state index < -0.39 is 0 Å². The van der Waals surface area contributed by atoms with E-state index in [4.69, 9.17) is 10.2 Å². The molecule has 0 atom stereocenters. The van der Waals surface area contributed by atoms with Crippen LogP contribution < -0.4 is 0 Å². The summed E-state index contributed by atoms with van der Waals surface area (Å²) >= 11 is 0. The normalized spacial score (nSPS) is 8.55. The Morgan fingerprint density at radius 3 is 1.64 bits per heavy atom. The molecule has 1 aromatic rings. The van der Waals surface area contributed by atoms with Gasteiger partial charge in [-0.05, 0) is 12.8 Å². The maximum absolute atomic E-state index is 8.09. The second-order valence-corrected chi connectivity index (χ2v) is 1.74. The van der Waals surface area contributed by atoms with Crippen molar-refractivity contribution in [2.24, 2.45) is 0 Å². The molecule has 0 aromatic carbocycles. The molecule has 0 saturated heterocycles. The highest BCUT2D eigenvalue weighted by Crippen LogP contribution is 1.80. The van der Waals surface area contributed by atoms with E-state index >= 15 is 0 Å². The molecular formula is C6H12N2O3. The van der Waals surface area contributed by atoms with E-state index in [1.807, 2.05) is 0 Å². The van der Waals surface area contributed by atoms with E-state index in [0.29, 0.717) is 0 Å². The summed E-state index contributed by atoms with van der Waals surface area (Å²) in [5.41, 5.74) is 0. The van der Waals surface area contributed by atoms with Gasteiger partial charge in [-0.3, -0.25) is 0 Å². The average Bonchev–Trinajstić information content (AvgIpc) is 2.57. The molecule has 0 saturated carbocycles. The van der Waals surface area contributed by atoms with Gasteiger partial charge in [0.1, 0.15) is 0 Å². The molecule has 64 valence electrons. The van der Waals surface area contributed by atoms with Gasteiger partial charge in [-0.1, -0.05) is 10.3 Å². The van der Waals surface area contributed by atoms with Gasteiger partial charge < -0.3 is 10.2 Å². The Morgan fingerprint density at radius 1 is 1.00 bits per heavy atom. The third-order valence-corrected chi connectivity index (χ3v) is 0.849. The fourth-order valence-corrected chi connectivity index (χ4v) is 0.360. The summed E-state index contributed by atoms with van der Waals surface area (Å²) in [6, 6.07) is 0. The van der Waals surface area contributed by atoms with Gasteiger partial charge in [0.15, 0.2) is 0 Å². The molecule has 0 aliphatic rings. The highest BCUT2D eigenvalue weighted by molar-refractivity contribution is 4.51. The van der Waals surface area contributed by atoms with Crippen LogP contribution in [0, 0.1) is 0 Å². The first-order valence-corrected chi connectivity index (χ1v) is 3.35. The van der Waals surface area contributed by atoms with Gasteiger partial charge in [-0.15, -0.1) is 0 Å². The van der Waals surface area contributed by atoms with E-state index in [1.54, 1.807) is 0 Å². The van der Waals surface area contributed by atoms with Crippen molar-refractivity contribution >= 4 is 0 Å². The van der Waals surface area contributed by atoms with Crippen molar-refractivity contribution in [2.75, 3.05) is 13.2 Å². The first-order chi connectivity index (χ1) is 5.41. The largest absolute Gasteiger partial charge is 0.396 e. The van der Waals surface area contributed by atoms with Gasteiger partial charge in [-0.25, -0.2) is 4.63 Å². The van der Waals surface area contributed by atoms with Crippen LogP contribution in [0.1, 0.15) is 12.8 Å². The Morgan fingerprint density at radius 2 is 1.45 bits per heavy atom. The quantitative estimate of drug-likeness (QED) is 0.599. The molecule has 1 rings (SSSR count). The molecule has 0 fully saturated rings. The van der Waals surface area contributed by atoms with Crippen molar-refractivity contribution in [3.8, 4) is 0 Å². The average molecular weight is 160 g/mol. The van der Waals surface area contributed by atoms with Crippen LogP contribution in [0.4, 0.5) is 0 Å². The molecule has 0 aliphatic heterocycles. The summed E-state index contributed by atoms with van der Waals surface area (Å²) in [7, 11) is 0. The zero-order chi connectivity index (χ0) is 8.36. The minimum atomic E-state index is 0.195. The predicted octanol–water partition coefficient (Wildman–Crippen LogP) is -0.179. The molecule has 11 heavy (non-hydrogen) atoms. The molecule has 5 nitrogen and oxygen atoms in total. The van der Waals surface area contributed by atoms with Crippen LogP contribution in [0.3, 0.4) is 0 Å². The van der Waals surface area contributed by atoms with Gasteiger partial charge in [0.2, 0.25) is 0 Å². The number of aliphatic hydroxyl groups is 2. The molecule has 0 bridgehead atoms. The molecule has 5 heteroatoms. The van der Waals surface area contributed by atoms with E-state index in [2.05, 4.69) is 14.9 Å². The summed E-state index contributed by atoms with van der Waals surface area (Å²) in [6.07, 6.45) is 4.38. The summed E-state index contributed by atoms with van der Waals surface area (Å²) in [4.78, 5) is 0. The molecule has 0 amide bonds. The Hall–Kier alpha value is -0.940. The highest BCUT2D eigenvalue weighted by atomic mass is 16.6. The summed E-state index contributed by atoms with van der Waals surface area (Å²) in [5, 5.41) is 22.6. The van der Waals surface area contributed by atoms with E-state index in [-0.39, 0.29) is 13.2 Å².